The van der Waals surface area contributed by atoms with Crippen LogP contribution in [0.4, 0.5) is 0 Å². The molecule has 122 valence electrons. The van der Waals surface area contributed by atoms with E-state index in [9.17, 15) is 9.59 Å². The third kappa shape index (κ3) is 2.94. The normalized spacial score (nSPS) is 13.6. The number of halogens is 1. The molecule has 3 nitrogen and oxygen atoms in total. The molecule has 4 rings (SSSR count). The number of carbonyl (C=O) groups excluding carboxylic acids is 2. The zero-order valence-electron chi connectivity index (χ0n) is 13.3. The van der Waals surface area contributed by atoms with E-state index in [-0.39, 0.29) is 11.6 Å². The quantitative estimate of drug-likeness (QED) is 0.756. The lowest BCUT2D eigenvalue weighted by molar-refractivity contribution is 0.0978. The van der Waals surface area contributed by atoms with Crippen molar-refractivity contribution in [2.24, 2.45) is 0 Å². The molecule has 0 atom stereocenters. The van der Waals surface area contributed by atoms with E-state index in [0.29, 0.717) is 28.4 Å². The molecule has 0 unspecified atom stereocenters. The molecule has 0 heterocycles. The third-order valence-corrected chi connectivity index (χ3v) is 4.52. The average molecular weight is 348 g/mol. The lowest BCUT2D eigenvalue weighted by Crippen LogP contribution is -2.26. The lowest BCUT2D eigenvalue weighted by Gasteiger charge is -2.17. The molecule has 1 aliphatic rings. The molecular formula is C21H14ClNO2. The van der Waals surface area contributed by atoms with Gasteiger partial charge in [0.25, 0.3) is 0 Å². The summed E-state index contributed by atoms with van der Waals surface area (Å²) in [7, 11) is 0. The average Bonchev–Trinajstić information content (AvgIpc) is 2.62. The molecular weight excluding hydrogens is 334 g/mol. The summed E-state index contributed by atoms with van der Waals surface area (Å²) < 4.78 is 0. The number of allylic oxidation sites excluding steroid dienone is 2. The number of carbonyl (C=O) groups is 2. The van der Waals surface area contributed by atoms with Gasteiger partial charge in [-0.25, -0.2) is 0 Å². The third-order valence-electron chi connectivity index (χ3n) is 4.29. The molecule has 0 amide bonds. The first kappa shape index (κ1) is 15.6. The van der Waals surface area contributed by atoms with Gasteiger partial charge in [-0.15, -0.1) is 0 Å². The Morgan fingerprint density at radius 1 is 0.840 bits per heavy atom. The van der Waals surface area contributed by atoms with Crippen LogP contribution in [0.15, 0.2) is 72.4 Å². The Balaban J connectivity index is 1.65. The minimum atomic E-state index is -0.164. The summed E-state index contributed by atoms with van der Waals surface area (Å²) in [5, 5.41) is 5.59. The van der Waals surface area contributed by atoms with Crippen molar-refractivity contribution in [2.75, 3.05) is 0 Å². The van der Waals surface area contributed by atoms with E-state index in [0.717, 1.165) is 16.3 Å². The summed E-state index contributed by atoms with van der Waals surface area (Å²) >= 11 is 5.98. The van der Waals surface area contributed by atoms with Gasteiger partial charge >= 0.3 is 0 Å². The first-order valence-corrected chi connectivity index (χ1v) is 8.31. The molecule has 0 aliphatic heterocycles. The van der Waals surface area contributed by atoms with Gasteiger partial charge < -0.3 is 5.32 Å². The summed E-state index contributed by atoms with van der Waals surface area (Å²) in [4.78, 5) is 25.2. The Morgan fingerprint density at radius 3 is 2.28 bits per heavy atom. The van der Waals surface area contributed by atoms with E-state index in [4.69, 9.17) is 11.6 Å². The van der Waals surface area contributed by atoms with E-state index in [1.165, 1.54) is 6.08 Å². The van der Waals surface area contributed by atoms with E-state index in [1.807, 2.05) is 42.5 Å². The van der Waals surface area contributed by atoms with Gasteiger partial charge in [-0.3, -0.25) is 9.59 Å². The Kier molecular flexibility index (Phi) is 3.86. The summed E-state index contributed by atoms with van der Waals surface area (Å²) in [6.07, 6.45) is 1.38. The van der Waals surface area contributed by atoms with Gasteiger partial charge in [0.2, 0.25) is 5.78 Å². The van der Waals surface area contributed by atoms with Crippen molar-refractivity contribution >= 4 is 33.9 Å². The number of nitrogens with one attached hydrogen (secondary N) is 1. The fourth-order valence-electron chi connectivity index (χ4n) is 3.03. The topological polar surface area (TPSA) is 46.2 Å². The Morgan fingerprint density at radius 2 is 1.56 bits per heavy atom. The zero-order valence-corrected chi connectivity index (χ0v) is 14.0. The monoisotopic (exact) mass is 347 g/mol. The number of ketones is 2. The van der Waals surface area contributed by atoms with Crippen LogP contribution in [0.1, 0.15) is 26.3 Å². The molecule has 1 N–H and O–H groups in total. The highest BCUT2D eigenvalue weighted by atomic mass is 35.5. The van der Waals surface area contributed by atoms with Crippen LogP contribution >= 0.6 is 11.6 Å². The minimum Gasteiger partial charge on any atom is -0.378 e. The van der Waals surface area contributed by atoms with E-state index >= 15 is 0 Å². The summed E-state index contributed by atoms with van der Waals surface area (Å²) in [5.41, 5.74) is 2.16. The maximum atomic E-state index is 12.8. The lowest BCUT2D eigenvalue weighted by atomic mass is 9.90. The number of rotatable bonds is 3. The highest BCUT2D eigenvalue weighted by molar-refractivity contribution is 6.30. The van der Waals surface area contributed by atoms with Gasteiger partial charge in [-0.2, -0.15) is 0 Å². The second-order valence-electron chi connectivity index (χ2n) is 5.98. The Labute approximate surface area is 149 Å². The maximum Gasteiger partial charge on any atom is 0.209 e. The van der Waals surface area contributed by atoms with Crippen molar-refractivity contribution in [3.05, 3.63) is 94.1 Å². The Hall–Kier alpha value is -2.91. The van der Waals surface area contributed by atoms with Crippen molar-refractivity contribution in [3.63, 3.8) is 0 Å². The molecule has 4 heteroatoms. The van der Waals surface area contributed by atoms with Crippen molar-refractivity contribution in [3.8, 4) is 0 Å². The van der Waals surface area contributed by atoms with E-state index in [2.05, 4.69) is 5.32 Å². The van der Waals surface area contributed by atoms with Gasteiger partial charge in [-0.05, 0) is 40.6 Å². The van der Waals surface area contributed by atoms with Crippen LogP contribution < -0.4 is 5.32 Å². The van der Waals surface area contributed by atoms with E-state index in [1.54, 1.807) is 18.2 Å². The molecule has 3 aromatic carbocycles. The fraction of sp³-hybridized carbons (Fsp3) is 0.0476. The molecule has 0 fully saturated rings. The smallest absolute Gasteiger partial charge is 0.209 e. The van der Waals surface area contributed by atoms with Crippen molar-refractivity contribution < 1.29 is 9.59 Å². The second kappa shape index (κ2) is 6.19. The summed E-state index contributed by atoms with van der Waals surface area (Å²) in [5.74, 6) is -0.323. The molecule has 0 aromatic heterocycles. The van der Waals surface area contributed by atoms with Gasteiger partial charge in [0.05, 0.1) is 5.70 Å². The van der Waals surface area contributed by atoms with Crippen molar-refractivity contribution in [2.45, 2.75) is 6.54 Å². The predicted octanol–water partition coefficient (Wildman–Crippen LogP) is 4.55. The van der Waals surface area contributed by atoms with Crippen LogP contribution in [-0.4, -0.2) is 11.6 Å². The van der Waals surface area contributed by atoms with Crippen LogP contribution in [-0.2, 0) is 6.54 Å². The number of Topliss-reactive ketones (excluding diaryl/α,β-unsaturated/α-hetero) is 1. The van der Waals surface area contributed by atoms with Crippen LogP contribution in [0.3, 0.4) is 0 Å². The highest BCUT2D eigenvalue weighted by Gasteiger charge is 2.25. The van der Waals surface area contributed by atoms with Crippen LogP contribution in [0.5, 0.6) is 0 Å². The number of hydrogen-bond donors (Lipinski definition) is 1. The van der Waals surface area contributed by atoms with Crippen molar-refractivity contribution in [1.29, 1.82) is 0 Å². The number of benzene rings is 3. The molecule has 3 aromatic rings. The second-order valence-corrected chi connectivity index (χ2v) is 6.42. The fourth-order valence-corrected chi connectivity index (χ4v) is 3.24. The highest BCUT2D eigenvalue weighted by Crippen LogP contribution is 2.26. The molecule has 0 saturated carbocycles. The van der Waals surface area contributed by atoms with Crippen LogP contribution in [0.2, 0.25) is 5.02 Å². The molecule has 0 bridgehead atoms. The first-order chi connectivity index (χ1) is 12.1. The molecule has 0 spiro atoms. The maximum absolute atomic E-state index is 12.8. The Bertz CT molecular complexity index is 1050. The number of hydrogen-bond acceptors (Lipinski definition) is 3. The van der Waals surface area contributed by atoms with Gasteiger partial charge in [0.1, 0.15) is 0 Å². The molecule has 1 aliphatic carbocycles. The van der Waals surface area contributed by atoms with Crippen LogP contribution in [0, 0.1) is 0 Å². The molecule has 25 heavy (non-hydrogen) atoms. The van der Waals surface area contributed by atoms with Gasteiger partial charge in [0.15, 0.2) is 5.78 Å². The molecule has 0 saturated heterocycles. The standard InChI is InChI=1S/C21H14ClNO2/c22-16-7-3-4-13(8-16)12-23-19-11-20(24)17-9-14-5-1-2-6-15(14)10-18(17)21(19)25/h1-11,23H,12H2. The predicted molar refractivity (Wildman–Crippen MR) is 99.0 cm³/mol. The van der Waals surface area contributed by atoms with Crippen LogP contribution in [0.25, 0.3) is 10.8 Å². The van der Waals surface area contributed by atoms with Gasteiger partial charge in [0, 0.05) is 28.8 Å². The number of fused-ring (bicyclic) bond motifs is 2. The SMILES string of the molecule is O=C1C=C(NCc2cccc(Cl)c2)C(=O)c2cc3ccccc3cc21. The molecule has 0 radical (unpaired) electrons. The minimum absolute atomic E-state index is 0.158. The van der Waals surface area contributed by atoms with Crippen molar-refractivity contribution in [1.82, 2.24) is 5.32 Å². The summed E-state index contributed by atoms with van der Waals surface area (Å²) in [6.45, 7) is 0.425. The zero-order chi connectivity index (χ0) is 17.4. The van der Waals surface area contributed by atoms with E-state index < -0.39 is 0 Å². The first-order valence-electron chi connectivity index (χ1n) is 7.94. The largest absolute Gasteiger partial charge is 0.378 e. The van der Waals surface area contributed by atoms with Gasteiger partial charge in [-0.1, -0.05) is 48.0 Å². The summed E-state index contributed by atoms with van der Waals surface area (Å²) in [6, 6.07) is 18.7.